The van der Waals surface area contributed by atoms with E-state index >= 15 is 0 Å². The van der Waals surface area contributed by atoms with Gasteiger partial charge in [-0.05, 0) is 30.7 Å². The van der Waals surface area contributed by atoms with Crippen molar-refractivity contribution in [3.05, 3.63) is 48.0 Å². The number of pyridine rings is 1. The summed E-state index contributed by atoms with van der Waals surface area (Å²) >= 11 is 0. The standard InChI is InChI=1S/C18H19N5O/c1-11-6-13(10-19-8-11)18-22-21-17-12(2)9-20-15-7-14(24-3)4-5-16(15)23(17)18/h4-8,10,12,20H,9H2,1-3H3. The Hall–Kier alpha value is -2.89. The number of nitrogens with one attached hydrogen (secondary N) is 1. The molecule has 0 saturated heterocycles. The van der Waals surface area contributed by atoms with E-state index in [-0.39, 0.29) is 5.92 Å². The van der Waals surface area contributed by atoms with Crippen LogP contribution in [0.15, 0.2) is 36.7 Å². The molecule has 1 N–H and O–H groups in total. The number of hydrogen-bond acceptors (Lipinski definition) is 5. The van der Waals surface area contributed by atoms with Crippen molar-refractivity contribution in [1.29, 1.82) is 0 Å². The fraction of sp³-hybridized carbons (Fsp3) is 0.278. The first-order chi connectivity index (χ1) is 11.7. The molecule has 6 nitrogen and oxygen atoms in total. The molecule has 0 aliphatic carbocycles. The molecule has 0 amide bonds. The van der Waals surface area contributed by atoms with Crippen molar-refractivity contribution in [2.45, 2.75) is 19.8 Å². The fourth-order valence-corrected chi connectivity index (χ4v) is 3.05. The van der Waals surface area contributed by atoms with Crippen molar-refractivity contribution in [2.75, 3.05) is 19.0 Å². The van der Waals surface area contributed by atoms with E-state index in [0.29, 0.717) is 0 Å². The van der Waals surface area contributed by atoms with Crippen LogP contribution in [0.4, 0.5) is 5.69 Å². The summed E-state index contributed by atoms with van der Waals surface area (Å²) in [5.74, 6) is 2.82. The van der Waals surface area contributed by atoms with Crippen LogP contribution in [0.3, 0.4) is 0 Å². The number of ether oxygens (including phenoxy) is 1. The summed E-state index contributed by atoms with van der Waals surface area (Å²) in [6, 6.07) is 8.09. The van der Waals surface area contributed by atoms with Gasteiger partial charge in [0.05, 0.1) is 18.5 Å². The molecule has 0 bridgehead atoms. The number of hydrogen-bond donors (Lipinski definition) is 1. The third-order valence-corrected chi connectivity index (χ3v) is 4.31. The molecule has 24 heavy (non-hydrogen) atoms. The molecule has 6 heteroatoms. The van der Waals surface area contributed by atoms with Gasteiger partial charge in [-0.2, -0.15) is 0 Å². The summed E-state index contributed by atoms with van der Waals surface area (Å²) in [5.41, 5.74) is 4.10. The number of aromatic nitrogens is 4. The van der Waals surface area contributed by atoms with E-state index in [1.807, 2.05) is 37.5 Å². The number of fused-ring (bicyclic) bond motifs is 3. The van der Waals surface area contributed by atoms with Crippen molar-refractivity contribution in [3.8, 4) is 22.8 Å². The van der Waals surface area contributed by atoms with Crippen molar-refractivity contribution in [3.63, 3.8) is 0 Å². The molecule has 0 fully saturated rings. The maximum absolute atomic E-state index is 5.36. The van der Waals surface area contributed by atoms with Crippen LogP contribution in [-0.4, -0.2) is 33.4 Å². The minimum atomic E-state index is 0.238. The van der Waals surface area contributed by atoms with E-state index in [0.717, 1.165) is 46.4 Å². The van der Waals surface area contributed by atoms with Gasteiger partial charge in [0.15, 0.2) is 5.82 Å². The van der Waals surface area contributed by atoms with E-state index < -0.39 is 0 Å². The third-order valence-electron chi connectivity index (χ3n) is 4.31. The molecule has 0 saturated carbocycles. The molecule has 1 aromatic carbocycles. The van der Waals surface area contributed by atoms with Crippen molar-refractivity contribution >= 4 is 5.69 Å². The second-order valence-electron chi connectivity index (χ2n) is 6.13. The van der Waals surface area contributed by atoms with Crippen LogP contribution in [0.5, 0.6) is 5.75 Å². The number of methoxy groups -OCH3 is 1. The van der Waals surface area contributed by atoms with Crippen LogP contribution in [-0.2, 0) is 0 Å². The highest BCUT2D eigenvalue weighted by Gasteiger charge is 2.25. The van der Waals surface area contributed by atoms with Crippen LogP contribution in [0.1, 0.15) is 24.2 Å². The summed E-state index contributed by atoms with van der Waals surface area (Å²) < 4.78 is 7.48. The van der Waals surface area contributed by atoms with Crippen LogP contribution in [0.25, 0.3) is 17.1 Å². The Morgan fingerprint density at radius 3 is 2.88 bits per heavy atom. The lowest BCUT2D eigenvalue weighted by Gasteiger charge is -2.13. The number of rotatable bonds is 2. The van der Waals surface area contributed by atoms with E-state index in [2.05, 4.69) is 38.1 Å². The van der Waals surface area contributed by atoms with Crippen LogP contribution in [0, 0.1) is 6.92 Å². The molecule has 0 radical (unpaired) electrons. The van der Waals surface area contributed by atoms with Gasteiger partial charge in [0.2, 0.25) is 0 Å². The molecule has 1 aliphatic rings. The predicted octanol–water partition coefficient (Wildman–Crippen LogP) is 3.18. The van der Waals surface area contributed by atoms with Crippen LogP contribution < -0.4 is 10.1 Å². The Morgan fingerprint density at radius 2 is 2.08 bits per heavy atom. The van der Waals surface area contributed by atoms with E-state index in [9.17, 15) is 0 Å². The summed E-state index contributed by atoms with van der Waals surface area (Å²) in [4.78, 5) is 4.30. The monoisotopic (exact) mass is 321 g/mol. The van der Waals surface area contributed by atoms with Gasteiger partial charge in [-0.15, -0.1) is 10.2 Å². The Morgan fingerprint density at radius 1 is 1.21 bits per heavy atom. The maximum atomic E-state index is 5.36. The van der Waals surface area contributed by atoms with Crippen molar-refractivity contribution < 1.29 is 4.74 Å². The van der Waals surface area contributed by atoms with Crippen LogP contribution in [0.2, 0.25) is 0 Å². The number of anilines is 1. The van der Waals surface area contributed by atoms with Gasteiger partial charge < -0.3 is 10.1 Å². The summed E-state index contributed by atoms with van der Waals surface area (Å²) in [6.45, 7) is 4.97. The first-order valence-electron chi connectivity index (χ1n) is 7.97. The molecular weight excluding hydrogens is 302 g/mol. The predicted molar refractivity (Wildman–Crippen MR) is 92.8 cm³/mol. The maximum Gasteiger partial charge on any atom is 0.170 e. The highest BCUT2D eigenvalue weighted by atomic mass is 16.5. The number of aryl methyl sites for hydroxylation is 1. The minimum absolute atomic E-state index is 0.238. The summed E-state index contributed by atoms with van der Waals surface area (Å²) in [5, 5.41) is 12.4. The lowest BCUT2D eigenvalue weighted by Crippen LogP contribution is -2.09. The van der Waals surface area contributed by atoms with Gasteiger partial charge >= 0.3 is 0 Å². The Kier molecular flexibility index (Phi) is 3.45. The molecule has 1 atom stereocenters. The first kappa shape index (κ1) is 14.7. The molecule has 0 spiro atoms. The Bertz CT molecular complexity index is 902. The van der Waals surface area contributed by atoms with Gasteiger partial charge in [-0.1, -0.05) is 6.92 Å². The van der Waals surface area contributed by atoms with E-state index in [4.69, 9.17) is 4.74 Å². The first-order valence-corrected chi connectivity index (χ1v) is 7.97. The Balaban J connectivity index is 1.96. The second-order valence-corrected chi connectivity index (χ2v) is 6.13. The zero-order chi connectivity index (χ0) is 16.7. The molecule has 4 rings (SSSR count). The number of benzene rings is 1. The van der Waals surface area contributed by atoms with Crippen molar-refractivity contribution in [2.24, 2.45) is 0 Å². The van der Waals surface area contributed by atoms with E-state index in [1.165, 1.54) is 0 Å². The zero-order valence-corrected chi connectivity index (χ0v) is 13.9. The van der Waals surface area contributed by atoms with E-state index in [1.54, 1.807) is 7.11 Å². The second kappa shape index (κ2) is 5.63. The van der Waals surface area contributed by atoms with Crippen molar-refractivity contribution in [1.82, 2.24) is 19.7 Å². The average molecular weight is 321 g/mol. The minimum Gasteiger partial charge on any atom is -0.497 e. The molecule has 1 unspecified atom stereocenters. The molecule has 2 aromatic heterocycles. The normalized spacial score (nSPS) is 15.9. The van der Waals surface area contributed by atoms with Crippen LogP contribution >= 0.6 is 0 Å². The van der Waals surface area contributed by atoms with Gasteiger partial charge in [0.1, 0.15) is 11.6 Å². The SMILES string of the molecule is COc1ccc2c(c1)NCC(C)c1nnc(-c3cncc(C)c3)n1-2. The Labute approximate surface area is 140 Å². The third kappa shape index (κ3) is 2.31. The molecule has 122 valence electrons. The zero-order valence-electron chi connectivity index (χ0n) is 13.9. The lowest BCUT2D eigenvalue weighted by atomic mass is 10.1. The molecule has 3 heterocycles. The number of nitrogens with zero attached hydrogens (tertiary/aromatic N) is 4. The largest absolute Gasteiger partial charge is 0.497 e. The lowest BCUT2D eigenvalue weighted by molar-refractivity contribution is 0.415. The summed E-state index contributed by atoms with van der Waals surface area (Å²) in [6.07, 6.45) is 3.67. The van der Waals surface area contributed by atoms with Gasteiger partial charge in [0.25, 0.3) is 0 Å². The topological polar surface area (TPSA) is 64.9 Å². The molecule has 1 aliphatic heterocycles. The fourth-order valence-electron chi connectivity index (χ4n) is 3.05. The van der Waals surface area contributed by atoms with Gasteiger partial charge in [0, 0.05) is 36.5 Å². The highest BCUT2D eigenvalue weighted by molar-refractivity contribution is 5.69. The average Bonchev–Trinajstić information content (AvgIpc) is 2.99. The van der Waals surface area contributed by atoms with Gasteiger partial charge in [-0.25, -0.2) is 0 Å². The summed E-state index contributed by atoms with van der Waals surface area (Å²) in [7, 11) is 1.68. The molecule has 3 aromatic rings. The quantitative estimate of drug-likeness (QED) is 0.785. The smallest absolute Gasteiger partial charge is 0.170 e. The highest BCUT2D eigenvalue weighted by Crippen LogP contribution is 2.35. The molecular formula is C18H19N5O. The van der Waals surface area contributed by atoms with Gasteiger partial charge in [-0.3, -0.25) is 9.55 Å².